The van der Waals surface area contributed by atoms with Crippen LogP contribution in [0, 0.1) is 13.8 Å². The van der Waals surface area contributed by atoms with E-state index in [-0.39, 0.29) is 5.56 Å². The lowest BCUT2D eigenvalue weighted by atomic mass is 10.1. The van der Waals surface area contributed by atoms with Gasteiger partial charge in [0.05, 0.1) is 23.5 Å². The van der Waals surface area contributed by atoms with Crippen molar-refractivity contribution in [3.8, 4) is 22.4 Å². The Kier molecular flexibility index (Phi) is 4.44. The molecule has 0 aliphatic heterocycles. The molecule has 0 bridgehead atoms. The molecular weight excluding hydrogens is 356 g/mol. The van der Waals surface area contributed by atoms with Crippen molar-refractivity contribution in [1.29, 1.82) is 0 Å². The van der Waals surface area contributed by atoms with E-state index in [2.05, 4.69) is 25.1 Å². The van der Waals surface area contributed by atoms with E-state index in [0.717, 1.165) is 28.1 Å². The number of H-pyrrole nitrogens is 2. The second-order valence-corrected chi connectivity index (χ2v) is 6.61. The molecule has 2 N–H and O–H groups in total. The van der Waals surface area contributed by atoms with Crippen molar-refractivity contribution < 1.29 is 0 Å². The second kappa shape index (κ2) is 7.07. The van der Waals surface area contributed by atoms with Crippen LogP contribution in [0.5, 0.6) is 0 Å². The molecule has 0 unspecified atom stereocenters. The Hall–Kier alpha value is -3.81. The Morgan fingerprint density at radius 2 is 1.93 bits per heavy atom. The number of aromatic amines is 2. The summed E-state index contributed by atoms with van der Waals surface area (Å²) in [6.45, 7) is 4.53. The summed E-state index contributed by atoms with van der Waals surface area (Å²) < 4.78 is 2.04. The van der Waals surface area contributed by atoms with Crippen LogP contribution >= 0.6 is 0 Å². The van der Waals surface area contributed by atoms with Gasteiger partial charge in [0.15, 0.2) is 0 Å². The third kappa shape index (κ3) is 3.52. The molecule has 140 valence electrons. The molecular formula is C20H18N6O2. The minimum absolute atomic E-state index is 0.261. The third-order valence-electron chi connectivity index (χ3n) is 4.45. The van der Waals surface area contributed by atoms with Crippen LogP contribution in [0.3, 0.4) is 0 Å². The summed E-state index contributed by atoms with van der Waals surface area (Å²) in [5.74, 6) is 0. The molecule has 8 nitrogen and oxygen atoms in total. The Morgan fingerprint density at radius 3 is 2.68 bits per heavy atom. The van der Waals surface area contributed by atoms with Crippen LogP contribution in [0.25, 0.3) is 22.4 Å². The van der Waals surface area contributed by atoms with Gasteiger partial charge in [-0.2, -0.15) is 5.10 Å². The lowest BCUT2D eigenvalue weighted by Gasteiger charge is -2.06. The van der Waals surface area contributed by atoms with E-state index in [9.17, 15) is 9.59 Å². The maximum absolute atomic E-state index is 12.1. The second-order valence-electron chi connectivity index (χ2n) is 6.61. The molecule has 0 aliphatic carbocycles. The van der Waals surface area contributed by atoms with Crippen LogP contribution in [0.2, 0.25) is 0 Å². The highest BCUT2D eigenvalue weighted by molar-refractivity contribution is 5.70. The van der Waals surface area contributed by atoms with E-state index >= 15 is 0 Å². The Bertz CT molecular complexity index is 1250. The predicted molar refractivity (Wildman–Crippen MR) is 105 cm³/mol. The fraction of sp³-hybridized carbons (Fsp3) is 0.150. The Morgan fingerprint density at radius 1 is 1.07 bits per heavy atom. The lowest BCUT2D eigenvalue weighted by molar-refractivity contribution is 0.780. The molecule has 8 heteroatoms. The molecule has 4 heterocycles. The minimum atomic E-state index is -0.559. The van der Waals surface area contributed by atoms with Crippen molar-refractivity contribution in [2.24, 2.45) is 0 Å². The number of pyridine rings is 1. The van der Waals surface area contributed by atoms with Gasteiger partial charge in [-0.25, -0.2) is 4.79 Å². The fourth-order valence-corrected chi connectivity index (χ4v) is 2.95. The van der Waals surface area contributed by atoms with Crippen molar-refractivity contribution in [3.63, 3.8) is 0 Å². The van der Waals surface area contributed by atoms with E-state index in [1.807, 2.05) is 55.2 Å². The number of rotatable bonds is 4. The SMILES string of the molecule is Cc1ccc(Cn2ccc(-c3cc(-c4c[nH]c(=O)[nH]c4=O)nnc3C)c2)nc1. The zero-order valence-corrected chi connectivity index (χ0v) is 15.4. The number of hydrogen-bond donors (Lipinski definition) is 2. The molecule has 0 atom stereocenters. The van der Waals surface area contributed by atoms with Crippen molar-refractivity contribution in [2.75, 3.05) is 0 Å². The minimum Gasteiger partial charge on any atom is -0.348 e. The topological polar surface area (TPSA) is 109 Å². The quantitative estimate of drug-likeness (QED) is 0.568. The highest BCUT2D eigenvalue weighted by atomic mass is 16.2. The van der Waals surface area contributed by atoms with E-state index < -0.39 is 11.2 Å². The van der Waals surface area contributed by atoms with Gasteiger partial charge in [-0.05, 0) is 37.6 Å². The van der Waals surface area contributed by atoms with E-state index in [1.54, 1.807) is 6.07 Å². The van der Waals surface area contributed by atoms with Crippen LogP contribution in [-0.4, -0.2) is 29.7 Å². The summed E-state index contributed by atoms with van der Waals surface area (Å²) in [5.41, 5.74) is 4.26. The number of hydrogen-bond acceptors (Lipinski definition) is 5. The Labute approximate surface area is 160 Å². The first kappa shape index (κ1) is 17.6. The van der Waals surface area contributed by atoms with Gasteiger partial charge in [-0.3, -0.25) is 14.8 Å². The van der Waals surface area contributed by atoms with Gasteiger partial charge < -0.3 is 9.55 Å². The average Bonchev–Trinajstić information content (AvgIpc) is 3.13. The molecule has 4 rings (SSSR count). The van der Waals surface area contributed by atoms with E-state index in [4.69, 9.17) is 0 Å². The normalized spacial score (nSPS) is 10.9. The van der Waals surface area contributed by atoms with Crippen molar-refractivity contribution in [1.82, 2.24) is 29.7 Å². The molecule has 4 aromatic heterocycles. The number of nitrogens with zero attached hydrogens (tertiary/aromatic N) is 4. The van der Waals surface area contributed by atoms with Gasteiger partial charge >= 0.3 is 5.69 Å². The van der Waals surface area contributed by atoms with Gasteiger partial charge in [-0.1, -0.05) is 6.07 Å². The summed E-state index contributed by atoms with van der Waals surface area (Å²) in [4.78, 5) is 32.4. The van der Waals surface area contributed by atoms with Crippen molar-refractivity contribution in [2.45, 2.75) is 20.4 Å². The summed E-state index contributed by atoms with van der Waals surface area (Å²) in [6, 6.07) is 7.83. The van der Waals surface area contributed by atoms with Crippen molar-refractivity contribution in [3.05, 3.63) is 86.8 Å². The predicted octanol–water partition coefficient (Wildman–Crippen LogP) is 2.05. The maximum atomic E-state index is 12.1. The summed E-state index contributed by atoms with van der Waals surface area (Å²) in [6.07, 6.45) is 7.18. The molecule has 4 aromatic rings. The molecule has 0 amide bonds. The largest absolute Gasteiger partial charge is 0.348 e. The molecule has 0 fully saturated rings. The summed E-state index contributed by atoms with van der Waals surface area (Å²) in [7, 11) is 0. The van der Waals surface area contributed by atoms with Crippen LogP contribution < -0.4 is 11.2 Å². The van der Waals surface area contributed by atoms with Crippen LogP contribution in [-0.2, 0) is 6.54 Å². The first-order valence-electron chi connectivity index (χ1n) is 8.74. The number of aryl methyl sites for hydroxylation is 2. The van der Waals surface area contributed by atoms with Gasteiger partial charge in [0.25, 0.3) is 5.56 Å². The zero-order chi connectivity index (χ0) is 19.7. The summed E-state index contributed by atoms with van der Waals surface area (Å²) in [5, 5.41) is 8.28. The molecule has 28 heavy (non-hydrogen) atoms. The molecule has 0 spiro atoms. The molecule has 0 saturated carbocycles. The van der Waals surface area contributed by atoms with Gasteiger partial charge in [0.1, 0.15) is 5.69 Å². The zero-order valence-electron chi connectivity index (χ0n) is 15.4. The van der Waals surface area contributed by atoms with Gasteiger partial charge in [-0.15, -0.1) is 5.10 Å². The standard InChI is InChI=1S/C20H18N6O2/c1-12-3-4-15(21-8-12)11-26-6-5-14(10-26)16-7-18(25-24-13(16)2)17-9-22-20(28)23-19(17)27/h3-10H,11H2,1-2H3,(H2,22,23,27,28). The first-order valence-corrected chi connectivity index (χ1v) is 8.74. The van der Waals surface area contributed by atoms with Crippen LogP contribution in [0.15, 0.2) is 58.6 Å². The smallest absolute Gasteiger partial charge is 0.325 e. The fourth-order valence-electron chi connectivity index (χ4n) is 2.95. The first-order chi connectivity index (χ1) is 13.5. The highest BCUT2D eigenvalue weighted by Gasteiger charge is 2.12. The van der Waals surface area contributed by atoms with Crippen LogP contribution in [0.1, 0.15) is 17.0 Å². The van der Waals surface area contributed by atoms with Crippen molar-refractivity contribution >= 4 is 0 Å². The van der Waals surface area contributed by atoms with E-state index in [1.165, 1.54) is 6.20 Å². The maximum Gasteiger partial charge on any atom is 0.325 e. The molecule has 0 aromatic carbocycles. The van der Waals surface area contributed by atoms with Gasteiger partial charge in [0, 0.05) is 35.9 Å². The van der Waals surface area contributed by atoms with Gasteiger partial charge in [0.2, 0.25) is 0 Å². The molecule has 0 aliphatic rings. The summed E-state index contributed by atoms with van der Waals surface area (Å²) >= 11 is 0. The molecule has 0 saturated heterocycles. The lowest BCUT2D eigenvalue weighted by Crippen LogP contribution is -2.22. The number of aromatic nitrogens is 6. The Balaban J connectivity index is 1.68. The van der Waals surface area contributed by atoms with E-state index in [0.29, 0.717) is 12.2 Å². The monoisotopic (exact) mass is 374 g/mol. The third-order valence-corrected chi connectivity index (χ3v) is 4.45. The average molecular weight is 374 g/mol. The van der Waals surface area contributed by atoms with Crippen LogP contribution in [0.4, 0.5) is 0 Å². The molecule has 0 radical (unpaired) electrons. The highest BCUT2D eigenvalue weighted by Crippen LogP contribution is 2.25. The number of nitrogens with one attached hydrogen (secondary N) is 2.